The van der Waals surface area contributed by atoms with Crippen LogP contribution in [0.5, 0.6) is 0 Å². The highest BCUT2D eigenvalue weighted by Crippen LogP contribution is 2.30. The second-order valence-corrected chi connectivity index (χ2v) is 10.3. The molecule has 0 bridgehead atoms. The first-order chi connectivity index (χ1) is 17.2. The van der Waals surface area contributed by atoms with Crippen molar-refractivity contribution in [1.29, 1.82) is 0 Å². The molecule has 10 heteroatoms. The van der Waals surface area contributed by atoms with E-state index in [1.165, 1.54) is 0 Å². The molecule has 1 saturated heterocycles. The third-order valence-electron chi connectivity index (χ3n) is 6.99. The van der Waals surface area contributed by atoms with Gasteiger partial charge in [-0.15, -0.1) is 0 Å². The second-order valence-electron chi connectivity index (χ2n) is 10.3. The molecule has 0 atom stereocenters. The number of halogens is 1. The molecule has 36 heavy (non-hydrogen) atoms. The number of carbonyl (C=O) groups is 1. The molecule has 0 aromatic carbocycles. The van der Waals surface area contributed by atoms with Gasteiger partial charge in [0.2, 0.25) is 5.95 Å². The van der Waals surface area contributed by atoms with E-state index < -0.39 is 11.4 Å². The molecule has 9 nitrogen and oxygen atoms in total. The van der Waals surface area contributed by atoms with Crippen LogP contribution in [-0.4, -0.2) is 55.8 Å². The Morgan fingerprint density at radius 1 is 1.22 bits per heavy atom. The summed E-state index contributed by atoms with van der Waals surface area (Å²) in [6.45, 7) is 6.15. The fraction of sp³-hybridized carbons (Fsp3) is 0.462. The lowest BCUT2D eigenvalue weighted by Crippen LogP contribution is -2.36. The monoisotopic (exact) mass is 493 g/mol. The van der Waals surface area contributed by atoms with E-state index >= 15 is 0 Å². The van der Waals surface area contributed by atoms with Crippen molar-refractivity contribution in [3.8, 4) is 11.4 Å². The zero-order valence-corrected chi connectivity index (χ0v) is 20.9. The number of piperidine rings is 1. The molecule has 2 aliphatic rings. The fourth-order valence-corrected chi connectivity index (χ4v) is 5.23. The van der Waals surface area contributed by atoms with Crippen LogP contribution in [-0.2, 0) is 13.5 Å². The van der Waals surface area contributed by atoms with Crippen molar-refractivity contribution in [1.82, 2.24) is 24.8 Å². The maximum absolute atomic E-state index is 14.7. The largest absolute Gasteiger partial charge is 0.390 e. The number of hydrogen-bond donors (Lipinski definition) is 3. The van der Waals surface area contributed by atoms with Gasteiger partial charge in [0.25, 0.3) is 5.91 Å². The number of hydrogen-bond acceptors (Lipinski definition) is 7. The SMILES string of the molecule is Cn1c(-c2nc(Nc3ccc(N4CCC(CC(C)(C)O)CC4)cn3)ncc2F)cc2c1CCNC2=O. The number of fused-ring (bicyclic) bond motifs is 1. The van der Waals surface area contributed by atoms with Crippen LogP contribution < -0.4 is 15.5 Å². The van der Waals surface area contributed by atoms with E-state index in [4.69, 9.17) is 0 Å². The van der Waals surface area contributed by atoms with E-state index in [0.717, 1.165) is 49.9 Å². The highest BCUT2D eigenvalue weighted by atomic mass is 19.1. The molecule has 1 fully saturated rings. The summed E-state index contributed by atoms with van der Waals surface area (Å²) >= 11 is 0. The normalized spacial score (nSPS) is 16.6. The lowest BCUT2D eigenvalue weighted by molar-refractivity contribution is 0.0482. The summed E-state index contributed by atoms with van der Waals surface area (Å²) in [6.07, 6.45) is 6.53. The molecule has 3 N–H and O–H groups in total. The van der Waals surface area contributed by atoms with Gasteiger partial charge in [0.15, 0.2) is 5.82 Å². The highest BCUT2D eigenvalue weighted by Gasteiger charge is 2.26. The molecular formula is C26H32FN7O2. The fourth-order valence-electron chi connectivity index (χ4n) is 5.23. The molecule has 0 aliphatic carbocycles. The van der Waals surface area contributed by atoms with Gasteiger partial charge in [-0.2, -0.15) is 0 Å². The van der Waals surface area contributed by atoms with Crippen molar-refractivity contribution in [2.45, 2.75) is 45.1 Å². The topological polar surface area (TPSA) is 108 Å². The number of amides is 1. The van der Waals surface area contributed by atoms with Crippen LogP contribution >= 0.6 is 0 Å². The van der Waals surface area contributed by atoms with Gasteiger partial charge in [-0.3, -0.25) is 4.79 Å². The number of aromatic nitrogens is 4. The second kappa shape index (κ2) is 9.50. The first-order valence-electron chi connectivity index (χ1n) is 12.4. The number of rotatable bonds is 6. The number of nitrogens with zero attached hydrogens (tertiary/aromatic N) is 5. The average molecular weight is 494 g/mol. The molecule has 0 spiro atoms. The summed E-state index contributed by atoms with van der Waals surface area (Å²) in [5, 5.41) is 16.0. The number of carbonyl (C=O) groups excluding carboxylic acids is 1. The summed E-state index contributed by atoms with van der Waals surface area (Å²) in [6, 6.07) is 5.53. The van der Waals surface area contributed by atoms with Crippen LogP contribution in [0.25, 0.3) is 11.4 Å². The molecule has 0 unspecified atom stereocenters. The lowest BCUT2D eigenvalue weighted by atomic mass is 9.86. The van der Waals surface area contributed by atoms with Gasteiger partial charge < -0.3 is 25.2 Å². The first kappa shape index (κ1) is 24.2. The molecule has 190 valence electrons. The van der Waals surface area contributed by atoms with Gasteiger partial charge in [0, 0.05) is 38.8 Å². The van der Waals surface area contributed by atoms with Crippen LogP contribution in [0, 0.1) is 11.7 Å². The third kappa shape index (κ3) is 5.04. The van der Waals surface area contributed by atoms with Crippen molar-refractivity contribution in [2.24, 2.45) is 13.0 Å². The van der Waals surface area contributed by atoms with Crippen molar-refractivity contribution in [3.63, 3.8) is 0 Å². The Hall–Kier alpha value is -3.53. The summed E-state index contributed by atoms with van der Waals surface area (Å²) < 4.78 is 16.5. The maximum Gasteiger partial charge on any atom is 0.253 e. The van der Waals surface area contributed by atoms with Crippen LogP contribution in [0.15, 0.2) is 30.6 Å². The van der Waals surface area contributed by atoms with Crippen molar-refractivity contribution < 1.29 is 14.3 Å². The lowest BCUT2D eigenvalue weighted by Gasteiger charge is -2.35. The van der Waals surface area contributed by atoms with E-state index in [0.29, 0.717) is 36.0 Å². The molecule has 3 aromatic heterocycles. The Morgan fingerprint density at radius 3 is 2.67 bits per heavy atom. The Kier molecular flexibility index (Phi) is 6.38. The van der Waals surface area contributed by atoms with Gasteiger partial charge in [-0.1, -0.05) is 0 Å². The van der Waals surface area contributed by atoms with Crippen LogP contribution in [0.3, 0.4) is 0 Å². The van der Waals surface area contributed by atoms with Gasteiger partial charge >= 0.3 is 0 Å². The van der Waals surface area contributed by atoms with E-state index in [9.17, 15) is 14.3 Å². The van der Waals surface area contributed by atoms with Crippen LogP contribution in [0.2, 0.25) is 0 Å². The number of anilines is 3. The molecule has 0 radical (unpaired) electrons. The minimum Gasteiger partial charge on any atom is -0.390 e. The minimum absolute atomic E-state index is 0.128. The molecule has 1 amide bonds. The first-order valence-corrected chi connectivity index (χ1v) is 12.4. The van der Waals surface area contributed by atoms with Crippen molar-refractivity contribution in [2.75, 3.05) is 29.9 Å². The number of pyridine rings is 1. The van der Waals surface area contributed by atoms with Crippen LogP contribution in [0.4, 0.5) is 21.8 Å². The van der Waals surface area contributed by atoms with Gasteiger partial charge in [-0.25, -0.2) is 19.3 Å². The zero-order chi connectivity index (χ0) is 25.4. The van der Waals surface area contributed by atoms with E-state index in [1.54, 1.807) is 6.07 Å². The molecule has 5 rings (SSSR count). The number of nitrogens with one attached hydrogen (secondary N) is 2. The molecular weight excluding hydrogens is 461 g/mol. The quantitative estimate of drug-likeness (QED) is 0.483. The van der Waals surface area contributed by atoms with Crippen LogP contribution in [0.1, 0.15) is 49.2 Å². The average Bonchev–Trinajstić information content (AvgIpc) is 3.18. The molecule has 0 saturated carbocycles. The Bertz CT molecular complexity index is 1260. The Balaban J connectivity index is 1.28. The van der Waals surface area contributed by atoms with Gasteiger partial charge in [-0.05, 0) is 57.2 Å². The predicted molar refractivity (Wildman–Crippen MR) is 136 cm³/mol. The Labute approximate surface area is 209 Å². The smallest absolute Gasteiger partial charge is 0.253 e. The predicted octanol–water partition coefficient (Wildman–Crippen LogP) is 3.42. The standard InChI is InChI=1S/C26H32FN7O2/c1-26(2,36)13-16-7-10-34(11-8-16)17-4-5-22(29-14-17)31-25-30-15-19(27)23(32-25)21-12-18-20(33(21)3)6-9-28-24(18)35/h4-5,12,14-16,36H,6-11,13H2,1-3H3,(H,28,35)(H,29,30,31,32). The summed E-state index contributed by atoms with van der Waals surface area (Å²) in [4.78, 5) is 27.5. The van der Waals surface area contributed by atoms with Crippen molar-refractivity contribution >= 4 is 23.4 Å². The molecule has 3 aromatic rings. The number of aliphatic hydroxyl groups is 1. The van der Waals surface area contributed by atoms with E-state index in [-0.39, 0.29) is 17.5 Å². The summed E-state index contributed by atoms with van der Waals surface area (Å²) in [5.74, 6) is 0.595. The molecule has 2 aliphatic heterocycles. The van der Waals surface area contributed by atoms with E-state index in [2.05, 4.69) is 30.5 Å². The third-order valence-corrected chi connectivity index (χ3v) is 6.99. The highest BCUT2D eigenvalue weighted by molar-refractivity contribution is 5.97. The molecule has 5 heterocycles. The van der Waals surface area contributed by atoms with Gasteiger partial charge in [0.05, 0.1) is 34.9 Å². The summed E-state index contributed by atoms with van der Waals surface area (Å²) in [5.41, 5.74) is 2.48. The maximum atomic E-state index is 14.7. The van der Waals surface area contributed by atoms with Crippen molar-refractivity contribution in [3.05, 3.63) is 47.7 Å². The minimum atomic E-state index is -0.627. The Morgan fingerprint density at radius 2 is 2.00 bits per heavy atom. The van der Waals surface area contributed by atoms with Gasteiger partial charge in [0.1, 0.15) is 11.5 Å². The zero-order valence-electron chi connectivity index (χ0n) is 20.9. The summed E-state index contributed by atoms with van der Waals surface area (Å²) in [7, 11) is 1.81. The van der Waals surface area contributed by atoms with E-state index in [1.807, 2.05) is 43.8 Å².